The molecule has 13 heteroatoms. The van der Waals surface area contributed by atoms with E-state index in [0.717, 1.165) is 75.9 Å². The van der Waals surface area contributed by atoms with Gasteiger partial charge in [0.1, 0.15) is 37.1 Å². The summed E-state index contributed by atoms with van der Waals surface area (Å²) in [4.78, 5) is 44.8. The normalized spacial score (nSPS) is 14.8. The maximum absolute atomic E-state index is 14.4. The molecule has 7 aromatic rings. The lowest BCUT2D eigenvalue weighted by atomic mass is 9.93. The van der Waals surface area contributed by atoms with Crippen LogP contribution in [0.25, 0.3) is 17.2 Å². The average molecular weight is 1080 g/mol. The van der Waals surface area contributed by atoms with Gasteiger partial charge in [0.15, 0.2) is 17.3 Å². The van der Waals surface area contributed by atoms with Gasteiger partial charge in [0.2, 0.25) is 11.8 Å². The summed E-state index contributed by atoms with van der Waals surface area (Å²) in [5.41, 5.74) is 9.95. The summed E-state index contributed by atoms with van der Waals surface area (Å²) in [5, 5.41) is 13.1. The second-order valence-corrected chi connectivity index (χ2v) is 20.4. The molecule has 9 rings (SSSR count). The first-order valence-corrected chi connectivity index (χ1v) is 27.2. The second-order valence-electron chi connectivity index (χ2n) is 20.0. The van der Waals surface area contributed by atoms with Gasteiger partial charge < -0.3 is 33.9 Å². The SMILES string of the molecule is COc1ccc(C(=O)/C=C/c2ccc(OCc3ccc(CNC(=O)C4CCN(C(=O)C5CCCCN5Cc5cc(Cl)c(OCc6cccc(-c7ccccc7)c6C)cc5OCc5cccc(C#N)c5)CC4)cc3)c(OC)c2)cc1. The molecule has 2 aliphatic heterocycles. The predicted molar refractivity (Wildman–Crippen MR) is 307 cm³/mol. The van der Waals surface area contributed by atoms with Crippen LogP contribution in [0.5, 0.6) is 28.7 Å². The van der Waals surface area contributed by atoms with Crippen LogP contribution in [0.15, 0.2) is 158 Å². The third-order valence-electron chi connectivity index (χ3n) is 14.8. The van der Waals surface area contributed by atoms with Crippen molar-refractivity contribution in [3.63, 3.8) is 0 Å². The van der Waals surface area contributed by atoms with Crippen LogP contribution >= 0.6 is 11.6 Å². The van der Waals surface area contributed by atoms with E-state index in [2.05, 4.69) is 47.5 Å². The Balaban J connectivity index is 0.772. The van der Waals surface area contributed by atoms with E-state index in [1.165, 1.54) is 6.08 Å². The third kappa shape index (κ3) is 14.4. The molecule has 2 heterocycles. The molecule has 79 heavy (non-hydrogen) atoms. The van der Waals surface area contributed by atoms with Gasteiger partial charge in [-0.25, -0.2) is 0 Å². The van der Waals surface area contributed by atoms with Gasteiger partial charge in [-0.1, -0.05) is 115 Å². The number of ketones is 1. The van der Waals surface area contributed by atoms with Crippen molar-refractivity contribution in [2.24, 2.45) is 5.92 Å². The number of amides is 2. The van der Waals surface area contributed by atoms with Crippen molar-refractivity contribution in [3.05, 3.63) is 213 Å². The van der Waals surface area contributed by atoms with Crippen molar-refractivity contribution in [3.8, 4) is 45.9 Å². The van der Waals surface area contributed by atoms with Crippen LogP contribution in [0, 0.1) is 24.2 Å². The molecular weight excluding hydrogens is 1010 g/mol. The fourth-order valence-electron chi connectivity index (χ4n) is 10.2. The minimum absolute atomic E-state index is 0.0127. The van der Waals surface area contributed by atoms with Crippen molar-refractivity contribution in [2.45, 2.75) is 78.0 Å². The lowest BCUT2D eigenvalue weighted by Gasteiger charge is -2.40. The van der Waals surface area contributed by atoms with Crippen molar-refractivity contribution in [2.75, 3.05) is 33.9 Å². The average Bonchev–Trinajstić information content (AvgIpc) is 3.53. The van der Waals surface area contributed by atoms with Crippen molar-refractivity contribution in [1.29, 1.82) is 5.26 Å². The summed E-state index contributed by atoms with van der Waals surface area (Å²) in [6.07, 6.45) is 7.06. The molecule has 0 aliphatic carbocycles. The fraction of sp³-hybridized carbons (Fsp3) is 0.273. The molecule has 2 saturated heterocycles. The molecule has 2 amide bonds. The van der Waals surface area contributed by atoms with E-state index in [0.29, 0.717) is 97.1 Å². The number of nitriles is 1. The van der Waals surface area contributed by atoms with E-state index in [4.69, 9.17) is 35.3 Å². The van der Waals surface area contributed by atoms with Crippen LogP contribution in [0.3, 0.4) is 0 Å². The number of likely N-dealkylation sites (tertiary alicyclic amines) is 2. The number of hydrogen-bond donors (Lipinski definition) is 1. The molecule has 2 aliphatic rings. The van der Waals surface area contributed by atoms with Crippen LogP contribution in [0.2, 0.25) is 5.02 Å². The van der Waals surface area contributed by atoms with Gasteiger partial charge in [-0.3, -0.25) is 19.3 Å². The zero-order valence-corrected chi connectivity index (χ0v) is 45.7. The number of allylic oxidation sites excluding steroid dienone is 1. The van der Waals surface area contributed by atoms with Crippen molar-refractivity contribution in [1.82, 2.24) is 15.1 Å². The number of carbonyl (C=O) groups excluding carboxylic acids is 3. The molecule has 7 aromatic carbocycles. The van der Waals surface area contributed by atoms with Gasteiger partial charge in [-0.15, -0.1) is 0 Å². The Morgan fingerprint density at radius 1 is 0.671 bits per heavy atom. The molecule has 0 aromatic heterocycles. The first kappa shape index (κ1) is 55.4. The lowest BCUT2D eigenvalue weighted by molar-refractivity contribution is -0.141. The minimum atomic E-state index is -0.331. The largest absolute Gasteiger partial charge is 0.497 e. The molecule has 0 radical (unpaired) electrons. The fourth-order valence-corrected chi connectivity index (χ4v) is 10.4. The molecule has 12 nitrogen and oxygen atoms in total. The second kappa shape index (κ2) is 26.8. The number of nitrogens with one attached hydrogen (secondary N) is 1. The van der Waals surface area contributed by atoms with Crippen LogP contribution in [-0.4, -0.2) is 67.3 Å². The Bertz CT molecular complexity index is 3310. The molecule has 0 saturated carbocycles. The maximum Gasteiger partial charge on any atom is 0.239 e. The molecule has 404 valence electrons. The van der Waals surface area contributed by atoms with E-state index >= 15 is 0 Å². The first-order chi connectivity index (χ1) is 38.5. The quantitative estimate of drug-likeness (QED) is 0.0546. The number of methoxy groups -OCH3 is 2. The molecule has 0 spiro atoms. The first-order valence-electron chi connectivity index (χ1n) is 26.8. The van der Waals surface area contributed by atoms with Crippen molar-refractivity contribution >= 4 is 35.3 Å². The Kier molecular flexibility index (Phi) is 18.8. The molecule has 1 atom stereocenters. The molecule has 1 unspecified atom stereocenters. The number of rotatable bonds is 21. The summed E-state index contributed by atoms with van der Waals surface area (Å²) in [6, 6.07) is 49.9. The van der Waals surface area contributed by atoms with Crippen LogP contribution < -0.4 is 29.0 Å². The zero-order valence-electron chi connectivity index (χ0n) is 44.9. The maximum atomic E-state index is 14.4. The summed E-state index contributed by atoms with van der Waals surface area (Å²) < 4.78 is 29.9. The number of nitrogens with zero attached hydrogens (tertiary/aromatic N) is 3. The Labute approximate surface area is 468 Å². The lowest BCUT2D eigenvalue weighted by Crippen LogP contribution is -2.53. The number of piperidine rings is 2. The molecule has 1 N–H and O–H groups in total. The molecular formula is C66H65ClN4O8. The van der Waals surface area contributed by atoms with E-state index in [1.807, 2.05) is 102 Å². The summed E-state index contributed by atoms with van der Waals surface area (Å²) in [6.45, 7) is 5.51. The van der Waals surface area contributed by atoms with E-state index in [1.54, 1.807) is 50.6 Å². The number of benzene rings is 7. The summed E-state index contributed by atoms with van der Waals surface area (Å²) in [5.74, 6) is 2.64. The highest BCUT2D eigenvalue weighted by atomic mass is 35.5. The molecule has 0 bridgehead atoms. The Hall–Kier alpha value is -8.37. The van der Waals surface area contributed by atoms with E-state index in [-0.39, 0.29) is 36.2 Å². The highest BCUT2D eigenvalue weighted by molar-refractivity contribution is 6.32. The van der Waals surface area contributed by atoms with E-state index in [9.17, 15) is 19.6 Å². The highest BCUT2D eigenvalue weighted by Gasteiger charge is 2.35. The Morgan fingerprint density at radius 3 is 2.16 bits per heavy atom. The topological polar surface area (TPSA) is 140 Å². The van der Waals surface area contributed by atoms with Gasteiger partial charge in [-0.2, -0.15) is 5.26 Å². The number of carbonyl (C=O) groups is 3. The van der Waals surface area contributed by atoms with Crippen molar-refractivity contribution < 1.29 is 38.1 Å². The smallest absolute Gasteiger partial charge is 0.239 e. The van der Waals surface area contributed by atoms with Crippen LogP contribution in [0.1, 0.15) is 87.0 Å². The summed E-state index contributed by atoms with van der Waals surface area (Å²) in [7, 11) is 3.16. The Morgan fingerprint density at radius 2 is 1.41 bits per heavy atom. The number of ether oxygens (including phenoxy) is 5. The van der Waals surface area contributed by atoms with Gasteiger partial charge in [-0.05, 0) is 144 Å². The minimum Gasteiger partial charge on any atom is -0.497 e. The number of halogens is 1. The standard InChI is InChI=1S/C66H65ClN4O8/c1-45-54(15-10-16-57(45)51-13-5-4-6-14-51)44-79-63-38-62(78-43-50-12-9-11-49(35-50)39-68)55(37-58(63)67)41-71-32-8-7-17-59(71)66(74)70-33-30-53(31-34-70)65(73)69-40-47-18-20-48(21-19-47)42-77-61-29-23-46(36-64(61)76-3)22-28-60(72)52-24-26-56(75-2)27-25-52/h4-6,9-16,18-29,35-38,53,59H,7-8,17,30-34,40-44H2,1-3H3,(H,69,73)/b28-22+. The monoisotopic (exact) mass is 1080 g/mol. The van der Waals surface area contributed by atoms with Gasteiger partial charge in [0.05, 0.1) is 36.9 Å². The van der Waals surface area contributed by atoms with E-state index < -0.39 is 0 Å². The van der Waals surface area contributed by atoms with Gasteiger partial charge in [0, 0.05) is 49.3 Å². The zero-order chi connectivity index (χ0) is 55.1. The molecule has 2 fully saturated rings. The summed E-state index contributed by atoms with van der Waals surface area (Å²) >= 11 is 7.04. The van der Waals surface area contributed by atoms with Gasteiger partial charge >= 0.3 is 0 Å². The van der Waals surface area contributed by atoms with Gasteiger partial charge in [0.25, 0.3) is 0 Å². The van der Waals surface area contributed by atoms with Crippen LogP contribution in [0.4, 0.5) is 0 Å². The predicted octanol–water partition coefficient (Wildman–Crippen LogP) is 12.7. The van der Waals surface area contributed by atoms with Crippen LogP contribution in [-0.2, 0) is 42.5 Å². The highest BCUT2D eigenvalue weighted by Crippen LogP contribution is 2.37. The third-order valence-corrected chi connectivity index (χ3v) is 15.1. The number of hydrogen-bond acceptors (Lipinski definition) is 10.